The summed E-state index contributed by atoms with van der Waals surface area (Å²) in [7, 11) is 1.48. The summed E-state index contributed by atoms with van der Waals surface area (Å²) in [5.74, 6) is 0.352. The van der Waals surface area contributed by atoms with Crippen LogP contribution in [0.3, 0.4) is 0 Å². The number of hydrogen-bond donors (Lipinski definition) is 2. The molecular formula is C13H19Br2Cl2FN2O2. The molecule has 0 unspecified atom stereocenters. The van der Waals surface area contributed by atoms with Gasteiger partial charge in [-0.05, 0) is 43.5 Å². The molecule has 0 aromatic heterocycles. The molecule has 1 aliphatic rings. The predicted octanol–water partition coefficient (Wildman–Crippen LogP) is 3.69. The summed E-state index contributed by atoms with van der Waals surface area (Å²) in [4.78, 5) is 2.10. The Labute approximate surface area is 158 Å². The van der Waals surface area contributed by atoms with E-state index in [1.165, 1.54) is 7.11 Å². The van der Waals surface area contributed by atoms with E-state index in [4.69, 9.17) is 4.74 Å². The summed E-state index contributed by atoms with van der Waals surface area (Å²) < 4.78 is 19.9. The number of hydrogen-bond acceptors (Lipinski definition) is 4. The van der Waals surface area contributed by atoms with Gasteiger partial charge in [-0.25, -0.2) is 4.39 Å². The summed E-state index contributed by atoms with van der Waals surface area (Å²) in [6.45, 7) is 2.80. The van der Waals surface area contributed by atoms with Gasteiger partial charge in [0.2, 0.25) is 0 Å². The molecule has 0 spiro atoms. The zero-order valence-corrected chi connectivity index (χ0v) is 16.7. The third-order valence-electron chi connectivity index (χ3n) is 3.49. The summed E-state index contributed by atoms with van der Waals surface area (Å²) in [5.41, 5.74) is 0.774. The van der Waals surface area contributed by atoms with Crippen LogP contribution in [0.2, 0.25) is 0 Å². The second-order valence-corrected chi connectivity index (χ2v) is 6.19. The summed E-state index contributed by atoms with van der Waals surface area (Å²) >= 11 is 6.74. The lowest BCUT2D eigenvalue weighted by Gasteiger charge is -2.34. The maximum absolute atomic E-state index is 13.6. The number of aromatic hydroxyl groups is 1. The van der Waals surface area contributed by atoms with Gasteiger partial charge in [0.25, 0.3) is 0 Å². The van der Waals surface area contributed by atoms with Crippen LogP contribution in [0.25, 0.3) is 0 Å². The number of nitrogens with zero attached hydrogens (tertiary/aromatic N) is 1. The number of rotatable bonds is 4. The molecule has 128 valence electrons. The fourth-order valence-corrected chi connectivity index (χ4v) is 3.37. The first-order valence-electron chi connectivity index (χ1n) is 6.35. The van der Waals surface area contributed by atoms with Gasteiger partial charge in [0, 0.05) is 30.7 Å². The van der Waals surface area contributed by atoms with Crippen molar-refractivity contribution in [2.75, 3.05) is 40.0 Å². The van der Waals surface area contributed by atoms with Gasteiger partial charge in [-0.1, -0.05) is 0 Å². The minimum absolute atomic E-state index is 0. The molecule has 2 N–H and O–H groups in total. The fourth-order valence-electron chi connectivity index (χ4n) is 2.38. The van der Waals surface area contributed by atoms with Crippen LogP contribution >= 0.6 is 56.7 Å². The van der Waals surface area contributed by atoms with Gasteiger partial charge in [-0.2, -0.15) is 0 Å². The van der Waals surface area contributed by atoms with Gasteiger partial charge in [0.15, 0.2) is 11.5 Å². The monoisotopic (exact) mass is 482 g/mol. The van der Waals surface area contributed by atoms with E-state index in [1.54, 1.807) is 6.07 Å². The summed E-state index contributed by atoms with van der Waals surface area (Å²) in [6.07, 6.45) is 0. The third kappa shape index (κ3) is 4.61. The zero-order valence-electron chi connectivity index (χ0n) is 11.9. The number of piperazine rings is 1. The molecule has 9 heteroatoms. The molecule has 1 saturated heterocycles. The van der Waals surface area contributed by atoms with Crippen molar-refractivity contribution in [3.63, 3.8) is 0 Å². The Hall–Kier alpha value is 0.210. The van der Waals surface area contributed by atoms with E-state index in [1.807, 2.05) is 0 Å². The Morgan fingerprint density at radius 2 is 1.91 bits per heavy atom. The molecule has 4 nitrogen and oxygen atoms in total. The molecular weight excluding hydrogens is 466 g/mol. The maximum atomic E-state index is 13.6. The van der Waals surface area contributed by atoms with Crippen molar-refractivity contribution in [2.45, 2.75) is 6.04 Å². The van der Waals surface area contributed by atoms with Crippen LogP contribution < -0.4 is 10.1 Å². The number of nitrogens with one attached hydrogen (secondary N) is 1. The molecule has 2 rings (SSSR count). The van der Waals surface area contributed by atoms with Crippen molar-refractivity contribution in [3.8, 4) is 11.5 Å². The number of methoxy groups -OCH3 is 1. The van der Waals surface area contributed by atoms with Crippen LogP contribution in [0.15, 0.2) is 15.0 Å². The molecule has 22 heavy (non-hydrogen) atoms. The largest absolute Gasteiger partial charge is 0.503 e. The normalized spacial score (nSPS) is 16.4. The van der Waals surface area contributed by atoms with Crippen molar-refractivity contribution < 1.29 is 14.2 Å². The first-order valence-corrected chi connectivity index (χ1v) is 7.94. The highest BCUT2D eigenvalue weighted by Gasteiger charge is 2.27. The molecule has 0 bridgehead atoms. The van der Waals surface area contributed by atoms with Crippen LogP contribution in [-0.2, 0) is 0 Å². The molecule has 1 heterocycles. The van der Waals surface area contributed by atoms with Crippen LogP contribution in [0.4, 0.5) is 4.39 Å². The molecule has 0 radical (unpaired) electrons. The lowest BCUT2D eigenvalue weighted by Crippen LogP contribution is -2.45. The van der Waals surface area contributed by atoms with Crippen molar-refractivity contribution >= 4 is 56.7 Å². The van der Waals surface area contributed by atoms with Crippen LogP contribution in [0, 0.1) is 0 Å². The Morgan fingerprint density at radius 3 is 2.41 bits per heavy atom. The lowest BCUT2D eigenvalue weighted by molar-refractivity contribution is 0.146. The van der Waals surface area contributed by atoms with Gasteiger partial charge in [-0.15, -0.1) is 24.8 Å². The van der Waals surface area contributed by atoms with Gasteiger partial charge in [0.05, 0.1) is 17.6 Å². The number of halogens is 5. The van der Waals surface area contributed by atoms with Crippen LogP contribution in [-0.4, -0.2) is 50.0 Å². The van der Waals surface area contributed by atoms with Crippen LogP contribution in [0.5, 0.6) is 11.5 Å². The van der Waals surface area contributed by atoms with Gasteiger partial charge < -0.3 is 15.2 Å². The fraction of sp³-hybridized carbons (Fsp3) is 0.538. The lowest BCUT2D eigenvalue weighted by atomic mass is 10.0. The Kier molecular flexibility index (Phi) is 10.3. The number of ether oxygens (including phenoxy) is 1. The summed E-state index contributed by atoms with van der Waals surface area (Å²) in [5, 5.41) is 13.2. The minimum atomic E-state index is -0.487. The minimum Gasteiger partial charge on any atom is -0.503 e. The van der Waals surface area contributed by atoms with E-state index < -0.39 is 6.67 Å². The van der Waals surface area contributed by atoms with E-state index in [0.717, 1.165) is 31.7 Å². The number of phenols is 1. The Balaban J connectivity index is 0.00000220. The first kappa shape index (κ1) is 22.2. The third-order valence-corrected chi connectivity index (χ3v) is 5.65. The SMILES string of the molecule is COc1cc([C@H](CF)N2CCNCC2)c(Br)c(Br)c1O.Cl.Cl. The quantitative estimate of drug-likeness (QED) is 0.684. The second kappa shape index (κ2) is 10.2. The van der Waals surface area contributed by atoms with Gasteiger partial charge in [-0.3, -0.25) is 4.90 Å². The second-order valence-electron chi connectivity index (χ2n) is 4.60. The smallest absolute Gasteiger partial charge is 0.173 e. The molecule has 0 amide bonds. The maximum Gasteiger partial charge on any atom is 0.173 e. The van der Waals surface area contributed by atoms with E-state index in [2.05, 4.69) is 42.1 Å². The number of benzene rings is 1. The standard InChI is InChI=1S/C13H17Br2FN2O2.2ClH/c1-20-10-6-8(11(14)12(15)13(10)19)9(7-16)18-4-2-17-3-5-18;;/h6,9,17,19H,2-5,7H2,1H3;2*1H/t9-;;/m0../s1. The molecule has 1 fully saturated rings. The molecule has 1 aromatic carbocycles. The topological polar surface area (TPSA) is 44.7 Å². The Bertz CT molecular complexity index is 492. The van der Waals surface area contributed by atoms with Crippen molar-refractivity contribution in [2.24, 2.45) is 0 Å². The predicted molar refractivity (Wildman–Crippen MR) is 97.7 cm³/mol. The molecule has 1 aliphatic heterocycles. The van der Waals surface area contributed by atoms with E-state index in [9.17, 15) is 9.50 Å². The van der Waals surface area contributed by atoms with Crippen molar-refractivity contribution in [3.05, 3.63) is 20.6 Å². The zero-order chi connectivity index (χ0) is 14.7. The van der Waals surface area contributed by atoms with E-state index in [-0.39, 0.29) is 36.6 Å². The molecule has 0 aliphatic carbocycles. The Morgan fingerprint density at radius 1 is 1.32 bits per heavy atom. The highest BCUT2D eigenvalue weighted by molar-refractivity contribution is 9.13. The number of alkyl halides is 1. The van der Waals surface area contributed by atoms with E-state index in [0.29, 0.717) is 14.7 Å². The first-order chi connectivity index (χ1) is 9.60. The highest BCUT2D eigenvalue weighted by atomic mass is 79.9. The van der Waals surface area contributed by atoms with Gasteiger partial charge >= 0.3 is 0 Å². The summed E-state index contributed by atoms with van der Waals surface area (Å²) in [6, 6.07) is 1.34. The van der Waals surface area contributed by atoms with Crippen LogP contribution in [0.1, 0.15) is 11.6 Å². The average molecular weight is 485 g/mol. The average Bonchev–Trinajstić information content (AvgIpc) is 2.49. The highest BCUT2D eigenvalue weighted by Crippen LogP contribution is 2.44. The van der Waals surface area contributed by atoms with E-state index >= 15 is 0 Å². The van der Waals surface area contributed by atoms with Crippen molar-refractivity contribution in [1.82, 2.24) is 10.2 Å². The molecule has 0 saturated carbocycles. The number of phenolic OH excluding ortho intramolecular Hbond substituents is 1. The van der Waals surface area contributed by atoms with Crippen molar-refractivity contribution in [1.29, 1.82) is 0 Å². The molecule has 1 atom stereocenters. The van der Waals surface area contributed by atoms with Gasteiger partial charge in [0.1, 0.15) is 6.67 Å². The molecule has 1 aromatic rings.